The molecule has 1 heterocycles. The molecule has 17 heavy (non-hydrogen) atoms. The summed E-state index contributed by atoms with van der Waals surface area (Å²) < 4.78 is 18.3. The van der Waals surface area contributed by atoms with Crippen molar-refractivity contribution in [1.29, 1.82) is 0 Å². The van der Waals surface area contributed by atoms with Gasteiger partial charge in [-0.05, 0) is 33.6 Å². The Morgan fingerprint density at radius 3 is 2.41 bits per heavy atom. The summed E-state index contributed by atoms with van der Waals surface area (Å²) in [5, 5.41) is 8.97. The maximum absolute atomic E-state index is 13.2. The van der Waals surface area contributed by atoms with Crippen LogP contribution in [0.25, 0.3) is 0 Å². The minimum atomic E-state index is -1.18. The second-order valence-corrected chi connectivity index (χ2v) is 5.16. The molecule has 6 heteroatoms. The summed E-state index contributed by atoms with van der Waals surface area (Å²) in [6.45, 7) is 4.82. The Kier molecular flexibility index (Phi) is 3.95. The number of hydrogen-bond donors (Lipinski definition) is 1. The molecule has 0 aromatic rings. The summed E-state index contributed by atoms with van der Waals surface area (Å²) in [6, 6.07) is -0.989. The third kappa shape index (κ3) is 3.87. The van der Waals surface area contributed by atoms with Crippen LogP contribution in [0.1, 0.15) is 33.6 Å². The number of rotatable bonds is 1. The van der Waals surface area contributed by atoms with Crippen LogP contribution >= 0.6 is 0 Å². The van der Waals surface area contributed by atoms with Crippen molar-refractivity contribution in [2.75, 3.05) is 6.54 Å². The van der Waals surface area contributed by atoms with Crippen LogP contribution in [0.3, 0.4) is 0 Å². The van der Waals surface area contributed by atoms with Crippen molar-refractivity contribution in [3.8, 4) is 0 Å². The molecular weight excluding hydrogens is 229 g/mol. The number of ether oxygens (including phenoxy) is 1. The van der Waals surface area contributed by atoms with Crippen molar-refractivity contribution >= 4 is 12.1 Å². The summed E-state index contributed by atoms with van der Waals surface area (Å²) in [5.41, 5.74) is -0.719. The molecule has 0 unspecified atom stereocenters. The van der Waals surface area contributed by atoms with Gasteiger partial charge in [-0.3, -0.25) is 4.90 Å². The summed E-state index contributed by atoms with van der Waals surface area (Å²) in [6.07, 6.45) is -1.67. The zero-order chi connectivity index (χ0) is 13.2. The summed E-state index contributed by atoms with van der Waals surface area (Å²) >= 11 is 0. The van der Waals surface area contributed by atoms with E-state index in [1.165, 1.54) is 0 Å². The highest BCUT2D eigenvalue weighted by Gasteiger charge is 2.38. The van der Waals surface area contributed by atoms with Crippen molar-refractivity contribution in [1.82, 2.24) is 4.90 Å². The molecule has 0 radical (unpaired) electrons. The Labute approximate surface area is 99.5 Å². The molecule has 2 atom stereocenters. The monoisotopic (exact) mass is 247 g/mol. The molecule has 5 nitrogen and oxygen atoms in total. The molecule has 1 N–H and O–H groups in total. The van der Waals surface area contributed by atoms with Gasteiger partial charge in [-0.25, -0.2) is 14.0 Å². The minimum absolute atomic E-state index is 0.121. The third-order valence-corrected chi connectivity index (χ3v) is 2.44. The number of likely N-dealkylation sites (tertiary alicyclic amines) is 1. The van der Waals surface area contributed by atoms with Gasteiger partial charge in [0.15, 0.2) is 0 Å². The first-order chi connectivity index (χ1) is 7.70. The first-order valence-corrected chi connectivity index (χ1v) is 5.57. The van der Waals surface area contributed by atoms with E-state index in [4.69, 9.17) is 9.84 Å². The van der Waals surface area contributed by atoms with E-state index in [-0.39, 0.29) is 19.4 Å². The standard InChI is InChI=1S/C11H18FNO4/c1-11(2,3)17-10(16)13-6-7(12)4-5-8(13)9(14)15/h7-8H,4-6H2,1-3H3,(H,14,15)/t7-,8-/m0/s1. The van der Waals surface area contributed by atoms with Crippen molar-refractivity contribution in [3.05, 3.63) is 0 Å². The molecule has 1 fully saturated rings. The van der Waals surface area contributed by atoms with Gasteiger partial charge < -0.3 is 9.84 Å². The molecule has 0 saturated carbocycles. The van der Waals surface area contributed by atoms with E-state index in [9.17, 15) is 14.0 Å². The average molecular weight is 247 g/mol. The van der Waals surface area contributed by atoms with Gasteiger partial charge in [0.1, 0.15) is 17.8 Å². The van der Waals surface area contributed by atoms with Crippen LogP contribution in [0.2, 0.25) is 0 Å². The number of carbonyl (C=O) groups is 2. The molecule has 0 aromatic heterocycles. The number of hydrogen-bond acceptors (Lipinski definition) is 3. The van der Waals surface area contributed by atoms with Crippen molar-refractivity contribution in [3.63, 3.8) is 0 Å². The molecule has 1 aliphatic rings. The van der Waals surface area contributed by atoms with Gasteiger partial charge in [-0.1, -0.05) is 0 Å². The van der Waals surface area contributed by atoms with Crippen molar-refractivity contribution in [2.24, 2.45) is 0 Å². The minimum Gasteiger partial charge on any atom is -0.480 e. The van der Waals surface area contributed by atoms with Gasteiger partial charge in [0.2, 0.25) is 0 Å². The lowest BCUT2D eigenvalue weighted by Gasteiger charge is -2.35. The molecule has 1 saturated heterocycles. The molecule has 1 amide bonds. The lowest BCUT2D eigenvalue weighted by molar-refractivity contribution is -0.145. The van der Waals surface area contributed by atoms with Crippen LogP contribution in [-0.2, 0) is 9.53 Å². The molecule has 0 bridgehead atoms. The number of aliphatic carboxylic acids is 1. The normalized spacial score (nSPS) is 25.5. The second-order valence-electron chi connectivity index (χ2n) is 5.16. The summed E-state index contributed by atoms with van der Waals surface area (Å²) in [5.74, 6) is -1.12. The maximum atomic E-state index is 13.2. The van der Waals surface area contributed by atoms with E-state index in [1.54, 1.807) is 20.8 Å². The van der Waals surface area contributed by atoms with Crippen LogP contribution in [0, 0.1) is 0 Å². The number of piperidine rings is 1. The highest BCUT2D eigenvalue weighted by atomic mass is 19.1. The zero-order valence-electron chi connectivity index (χ0n) is 10.3. The SMILES string of the molecule is CC(C)(C)OC(=O)N1C[C@@H](F)CC[C@H]1C(=O)O. The summed E-state index contributed by atoms with van der Waals surface area (Å²) in [4.78, 5) is 23.7. The second kappa shape index (κ2) is 4.89. The fourth-order valence-corrected chi connectivity index (χ4v) is 1.71. The number of carboxylic acids is 1. The molecule has 0 spiro atoms. The summed E-state index contributed by atoms with van der Waals surface area (Å²) in [7, 11) is 0. The van der Waals surface area contributed by atoms with Gasteiger partial charge >= 0.3 is 12.1 Å². The number of carboxylic acid groups (broad SMARTS) is 1. The van der Waals surface area contributed by atoms with Crippen LogP contribution < -0.4 is 0 Å². The number of nitrogens with zero attached hydrogens (tertiary/aromatic N) is 1. The van der Waals surface area contributed by atoms with Gasteiger partial charge in [0.25, 0.3) is 0 Å². The number of amides is 1. The maximum Gasteiger partial charge on any atom is 0.411 e. The molecule has 1 aliphatic heterocycles. The van der Waals surface area contributed by atoms with Crippen molar-refractivity contribution in [2.45, 2.75) is 51.4 Å². The van der Waals surface area contributed by atoms with Gasteiger partial charge in [0.05, 0.1) is 6.54 Å². The van der Waals surface area contributed by atoms with Crippen LogP contribution in [-0.4, -0.2) is 46.4 Å². The van der Waals surface area contributed by atoms with Gasteiger partial charge in [-0.2, -0.15) is 0 Å². The topological polar surface area (TPSA) is 66.8 Å². The smallest absolute Gasteiger partial charge is 0.411 e. The number of halogens is 1. The average Bonchev–Trinajstić information content (AvgIpc) is 2.14. The third-order valence-electron chi connectivity index (χ3n) is 2.44. The Hall–Kier alpha value is -1.33. The lowest BCUT2D eigenvalue weighted by Crippen LogP contribution is -2.52. The number of alkyl halides is 1. The molecule has 0 aromatic carbocycles. The quantitative estimate of drug-likeness (QED) is 0.767. The van der Waals surface area contributed by atoms with E-state index < -0.39 is 29.9 Å². The van der Waals surface area contributed by atoms with Crippen LogP contribution in [0.5, 0.6) is 0 Å². The fraction of sp³-hybridized carbons (Fsp3) is 0.818. The lowest BCUT2D eigenvalue weighted by atomic mass is 10.0. The van der Waals surface area contributed by atoms with Gasteiger partial charge in [0, 0.05) is 0 Å². The molecule has 0 aliphatic carbocycles. The largest absolute Gasteiger partial charge is 0.480 e. The Bertz CT molecular complexity index is 313. The first kappa shape index (κ1) is 13.7. The zero-order valence-corrected chi connectivity index (χ0v) is 10.3. The predicted molar refractivity (Wildman–Crippen MR) is 58.5 cm³/mol. The number of carbonyl (C=O) groups excluding carboxylic acids is 1. The van der Waals surface area contributed by atoms with Crippen LogP contribution in [0.15, 0.2) is 0 Å². The Balaban J connectivity index is 2.75. The van der Waals surface area contributed by atoms with Gasteiger partial charge in [-0.15, -0.1) is 0 Å². The Morgan fingerprint density at radius 1 is 1.35 bits per heavy atom. The van der Waals surface area contributed by atoms with E-state index in [1.807, 2.05) is 0 Å². The van der Waals surface area contributed by atoms with E-state index in [0.29, 0.717) is 0 Å². The Morgan fingerprint density at radius 2 is 1.94 bits per heavy atom. The highest BCUT2D eigenvalue weighted by molar-refractivity contribution is 5.80. The van der Waals surface area contributed by atoms with Crippen molar-refractivity contribution < 1.29 is 23.8 Å². The van der Waals surface area contributed by atoms with E-state index in [2.05, 4.69) is 0 Å². The van der Waals surface area contributed by atoms with Crippen LogP contribution in [0.4, 0.5) is 9.18 Å². The molecule has 98 valence electrons. The highest BCUT2D eigenvalue weighted by Crippen LogP contribution is 2.22. The molecular formula is C11H18FNO4. The predicted octanol–water partition coefficient (Wildman–Crippen LogP) is 1.81. The van der Waals surface area contributed by atoms with E-state index >= 15 is 0 Å². The molecule has 1 rings (SSSR count). The van der Waals surface area contributed by atoms with E-state index in [0.717, 1.165) is 4.90 Å². The fourth-order valence-electron chi connectivity index (χ4n) is 1.71. The first-order valence-electron chi connectivity index (χ1n) is 5.57.